The first-order valence-electron chi connectivity index (χ1n) is 8.16. The SMILES string of the molecule is CSc1ccc(NC(=O)COC(=O)C2CC(=O)Nc3cc(F)ccc32)cc1. The van der Waals surface area contributed by atoms with Crippen LogP contribution in [0.1, 0.15) is 17.9 Å². The normalized spacial score (nSPS) is 15.5. The zero-order chi connectivity index (χ0) is 19.4. The molecule has 2 aromatic rings. The van der Waals surface area contributed by atoms with Crippen molar-refractivity contribution in [2.24, 2.45) is 0 Å². The fourth-order valence-corrected chi connectivity index (χ4v) is 3.16. The molecule has 2 N–H and O–H groups in total. The molecule has 140 valence electrons. The molecule has 27 heavy (non-hydrogen) atoms. The van der Waals surface area contributed by atoms with Gasteiger partial charge in [0.05, 0.1) is 5.92 Å². The van der Waals surface area contributed by atoms with Crippen LogP contribution in [-0.2, 0) is 19.1 Å². The summed E-state index contributed by atoms with van der Waals surface area (Å²) in [6.07, 6.45) is 1.83. The van der Waals surface area contributed by atoms with Gasteiger partial charge in [0.25, 0.3) is 5.91 Å². The number of fused-ring (bicyclic) bond motifs is 1. The van der Waals surface area contributed by atoms with Gasteiger partial charge >= 0.3 is 5.97 Å². The van der Waals surface area contributed by atoms with E-state index in [1.807, 2.05) is 18.4 Å². The van der Waals surface area contributed by atoms with Gasteiger partial charge in [0.1, 0.15) is 5.82 Å². The summed E-state index contributed by atoms with van der Waals surface area (Å²) in [5.74, 6) is -2.99. The highest BCUT2D eigenvalue weighted by molar-refractivity contribution is 7.98. The summed E-state index contributed by atoms with van der Waals surface area (Å²) in [5, 5.41) is 5.16. The van der Waals surface area contributed by atoms with E-state index >= 15 is 0 Å². The molecule has 1 unspecified atom stereocenters. The number of amides is 2. The van der Waals surface area contributed by atoms with Gasteiger partial charge in [-0.25, -0.2) is 4.39 Å². The van der Waals surface area contributed by atoms with Crippen LogP contribution in [0, 0.1) is 5.82 Å². The van der Waals surface area contributed by atoms with E-state index in [1.165, 1.54) is 12.1 Å². The first kappa shape index (κ1) is 18.9. The minimum Gasteiger partial charge on any atom is -0.455 e. The Hall–Kier alpha value is -2.87. The van der Waals surface area contributed by atoms with Crippen molar-refractivity contribution in [3.63, 3.8) is 0 Å². The Bertz CT molecular complexity index is 886. The van der Waals surface area contributed by atoms with E-state index in [9.17, 15) is 18.8 Å². The van der Waals surface area contributed by atoms with Crippen molar-refractivity contribution in [1.29, 1.82) is 0 Å². The third-order valence-corrected chi connectivity index (χ3v) is 4.80. The molecule has 6 nitrogen and oxygen atoms in total. The molecular formula is C19H17FN2O4S. The predicted molar refractivity (Wildman–Crippen MR) is 100 cm³/mol. The number of rotatable bonds is 5. The standard InChI is InChI=1S/C19H17FN2O4S/c1-27-13-5-3-12(4-6-13)21-18(24)10-26-19(25)15-9-17(23)22-16-8-11(20)2-7-14(15)16/h2-8,15H,9-10H2,1H3,(H,21,24)(H,22,23). The summed E-state index contributed by atoms with van der Waals surface area (Å²) in [6.45, 7) is -0.474. The topological polar surface area (TPSA) is 84.5 Å². The molecule has 1 aliphatic rings. The van der Waals surface area contributed by atoms with Gasteiger partial charge in [-0.3, -0.25) is 14.4 Å². The van der Waals surface area contributed by atoms with Crippen LogP contribution < -0.4 is 10.6 Å². The van der Waals surface area contributed by atoms with Gasteiger partial charge in [0, 0.05) is 22.7 Å². The third kappa shape index (κ3) is 4.65. The van der Waals surface area contributed by atoms with Crippen molar-refractivity contribution in [2.45, 2.75) is 17.2 Å². The van der Waals surface area contributed by atoms with E-state index in [-0.39, 0.29) is 12.1 Å². The summed E-state index contributed by atoms with van der Waals surface area (Å²) in [4.78, 5) is 37.2. The summed E-state index contributed by atoms with van der Waals surface area (Å²) in [6, 6.07) is 11.0. The number of thioether (sulfide) groups is 1. The van der Waals surface area contributed by atoms with Gasteiger partial charge in [0.15, 0.2) is 6.61 Å². The Morgan fingerprint density at radius 2 is 2.00 bits per heavy atom. The zero-order valence-electron chi connectivity index (χ0n) is 14.5. The Morgan fingerprint density at radius 3 is 2.70 bits per heavy atom. The first-order valence-corrected chi connectivity index (χ1v) is 9.38. The molecule has 0 saturated heterocycles. The van der Waals surface area contributed by atoms with Crippen LogP contribution >= 0.6 is 11.8 Å². The highest BCUT2D eigenvalue weighted by Crippen LogP contribution is 2.33. The lowest BCUT2D eigenvalue weighted by atomic mass is 9.90. The van der Waals surface area contributed by atoms with Crippen molar-refractivity contribution in [3.05, 3.63) is 53.8 Å². The number of hydrogen-bond acceptors (Lipinski definition) is 5. The molecule has 1 atom stereocenters. The smallest absolute Gasteiger partial charge is 0.314 e. The molecule has 0 aromatic heterocycles. The Labute approximate surface area is 159 Å². The molecule has 1 aliphatic heterocycles. The number of halogens is 1. The fourth-order valence-electron chi connectivity index (χ4n) is 2.76. The molecule has 0 spiro atoms. The first-order chi connectivity index (χ1) is 13.0. The molecule has 0 radical (unpaired) electrons. The maximum Gasteiger partial charge on any atom is 0.314 e. The number of carbonyl (C=O) groups is 3. The lowest BCUT2D eigenvalue weighted by Gasteiger charge is -2.24. The average Bonchev–Trinajstić information content (AvgIpc) is 2.65. The van der Waals surface area contributed by atoms with E-state index in [1.54, 1.807) is 23.9 Å². The summed E-state index contributed by atoms with van der Waals surface area (Å²) < 4.78 is 18.4. The molecular weight excluding hydrogens is 371 g/mol. The average molecular weight is 388 g/mol. The zero-order valence-corrected chi connectivity index (χ0v) is 15.3. The van der Waals surface area contributed by atoms with Crippen LogP contribution in [0.15, 0.2) is 47.4 Å². The van der Waals surface area contributed by atoms with Gasteiger partial charge in [-0.05, 0) is 48.2 Å². The second kappa shape index (κ2) is 8.22. The van der Waals surface area contributed by atoms with E-state index in [4.69, 9.17) is 4.74 Å². The van der Waals surface area contributed by atoms with Crippen molar-refractivity contribution in [3.8, 4) is 0 Å². The van der Waals surface area contributed by atoms with Crippen LogP contribution in [0.3, 0.4) is 0 Å². The van der Waals surface area contributed by atoms with Crippen LogP contribution in [0.2, 0.25) is 0 Å². The highest BCUT2D eigenvalue weighted by Gasteiger charge is 2.32. The van der Waals surface area contributed by atoms with E-state index in [0.29, 0.717) is 11.3 Å². The number of carbonyl (C=O) groups excluding carboxylic acids is 3. The Balaban J connectivity index is 1.60. The minimum absolute atomic E-state index is 0.116. The van der Waals surface area contributed by atoms with Crippen molar-refractivity contribution < 1.29 is 23.5 Å². The lowest BCUT2D eigenvalue weighted by molar-refractivity contribution is -0.149. The monoisotopic (exact) mass is 388 g/mol. The van der Waals surface area contributed by atoms with Gasteiger partial charge < -0.3 is 15.4 Å². The lowest BCUT2D eigenvalue weighted by Crippen LogP contribution is -2.30. The second-order valence-electron chi connectivity index (χ2n) is 5.92. The molecule has 0 fully saturated rings. The summed E-state index contributed by atoms with van der Waals surface area (Å²) in [7, 11) is 0. The molecule has 3 rings (SSSR count). The van der Waals surface area contributed by atoms with Gasteiger partial charge in [-0.2, -0.15) is 0 Å². The van der Waals surface area contributed by atoms with Crippen molar-refractivity contribution in [1.82, 2.24) is 0 Å². The number of hydrogen-bond donors (Lipinski definition) is 2. The quantitative estimate of drug-likeness (QED) is 0.607. The van der Waals surface area contributed by atoms with Gasteiger partial charge in [0.2, 0.25) is 5.91 Å². The Morgan fingerprint density at radius 1 is 1.26 bits per heavy atom. The largest absolute Gasteiger partial charge is 0.455 e. The number of ether oxygens (including phenoxy) is 1. The minimum atomic E-state index is -0.872. The number of anilines is 2. The second-order valence-corrected chi connectivity index (χ2v) is 6.80. The molecule has 0 saturated carbocycles. The third-order valence-electron chi connectivity index (χ3n) is 4.06. The molecule has 0 aliphatic carbocycles. The summed E-state index contributed by atoms with van der Waals surface area (Å²) in [5.41, 5.74) is 1.30. The summed E-state index contributed by atoms with van der Waals surface area (Å²) >= 11 is 1.58. The van der Waals surface area contributed by atoms with E-state index in [0.717, 1.165) is 11.0 Å². The van der Waals surface area contributed by atoms with Crippen LogP contribution in [0.4, 0.5) is 15.8 Å². The van der Waals surface area contributed by atoms with Crippen LogP contribution in [0.25, 0.3) is 0 Å². The molecule has 1 heterocycles. The number of nitrogens with one attached hydrogen (secondary N) is 2. The fraction of sp³-hybridized carbons (Fsp3) is 0.211. The molecule has 2 amide bonds. The van der Waals surface area contributed by atoms with Crippen molar-refractivity contribution >= 4 is 40.9 Å². The number of esters is 1. The van der Waals surface area contributed by atoms with Crippen LogP contribution in [-0.4, -0.2) is 30.6 Å². The molecule has 0 bridgehead atoms. The predicted octanol–water partition coefficient (Wildman–Crippen LogP) is 3.16. The highest BCUT2D eigenvalue weighted by atomic mass is 32.2. The Kier molecular flexibility index (Phi) is 5.75. The number of benzene rings is 2. The van der Waals surface area contributed by atoms with Gasteiger partial charge in [-0.15, -0.1) is 11.8 Å². The van der Waals surface area contributed by atoms with E-state index < -0.39 is 36.1 Å². The van der Waals surface area contributed by atoms with Crippen LogP contribution in [0.5, 0.6) is 0 Å². The van der Waals surface area contributed by atoms with E-state index in [2.05, 4.69) is 10.6 Å². The van der Waals surface area contributed by atoms with Gasteiger partial charge in [-0.1, -0.05) is 6.07 Å². The van der Waals surface area contributed by atoms with Crippen molar-refractivity contribution in [2.75, 3.05) is 23.5 Å². The molecule has 2 aromatic carbocycles. The maximum atomic E-state index is 13.3. The maximum absolute atomic E-state index is 13.3. The molecule has 8 heteroatoms.